The number of carbonyl (C=O) groups excluding carboxylic acids is 1. The molecule has 3 aliphatic heterocycles. The van der Waals surface area contributed by atoms with E-state index in [1.54, 1.807) is 13.2 Å². The number of para-hydroxylation sites is 2. The van der Waals surface area contributed by atoms with Gasteiger partial charge < -0.3 is 19.8 Å². The van der Waals surface area contributed by atoms with Gasteiger partial charge in [0, 0.05) is 45.3 Å². The number of hydrogen-bond donors (Lipinski definition) is 1. The smallest absolute Gasteiger partial charge is 0.335 e. The van der Waals surface area contributed by atoms with Crippen LogP contribution in [0.25, 0.3) is 0 Å². The Labute approximate surface area is 229 Å². The molecule has 0 unspecified atom stereocenters. The van der Waals surface area contributed by atoms with Crippen LogP contribution in [0, 0.1) is 0 Å². The fourth-order valence-electron chi connectivity index (χ4n) is 4.78. The second-order valence-electron chi connectivity index (χ2n) is 8.83. The molecule has 1 N–H and O–H groups in total. The molecule has 1 fully saturated rings. The van der Waals surface area contributed by atoms with Crippen molar-refractivity contribution in [3.63, 3.8) is 0 Å². The van der Waals surface area contributed by atoms with Gasteiger partial charge in [0.05, 0.1) is 25.1 Å². The fourth-order valence-corrected chi connectivity index (χ4v) is 6.33. The van der Waals surface area contributed by atoms with Gasteiger partial charge in [-0.1, -0.05) is 12.1 Å². The van der Waals surface area contributed by atoms with Crippen LogP contribution in [0.15, 0.2) is 41.3 Å². The molecule has 37 heavy (non-hydrogen) atoms. The topological polar surface area (TPSA) is 101 Å². The highest BCUT2D eigenvalue weighted by molar-refractivity contribution is 7.90. The van der Waals surface area contributed by atoms with Gasteiger partial charge in [0.2, 0.25) is 0 Å². The number of aryl methyl sites for hydroxylation is 1. The van der Waals surface area contributed by atoms with E-state index in [1.807, 2.05) is 18.2 Å². The SMILES string of the molecule is COc1ccccc1N1CCN(CCCN2C(=O)Nc3cc4c(cc3S2(=O)=O)CCCOO4)CC1.Cl.Cl. The molecular weight excluding hydrogens is 543 g/mol. The average molecular weight is 576 g/mol. The summed E-state index contributed by atoms with van der Waals surface area (Å²) >= 11 is 0. The lowest BCUT2D eigenvalue weighted by molar-refractivity contribution is -0.203. The van der Waals surface area contributed by atoms with Gasteiger partial charge in [-0.05, 0) is 43.0 Å². The number of halogens is 2. The van der Waals surface area contributed by atoms with Crippen LogP contribution in [0.3, 0.4) is 0 Å². The molecular formula is C24H32Cl2N4O6S. The van der Waals surface area contributed by atoms with Crippen molar-refractivity contribution in [1.29, 1.82) is 0 Å². The molecule has 0 aromatic heterocycles. The number of piperazine rings is 1. The molecule has 204 valence electrons. The quantitative estimate of drug-likeness (QED) is 0.523. The summed E-state index contributed by atoms with van der Waals surface area (Å²) in [5.74, 6) is 1.30. The van der Waals surface area contributed by atoms with Crippen molar-refractivity contribution in [2.75, 3.05) is 63.2 Å². The number of methoxy groups -OCH3 is 1. The Morgan fingerprint density at radius 3 is 2.57 bits per heavy atom. The van der Waals surface area contributed by atoms with E-state index >= 15 is 0 Å². The molecule has 1 saturated heterocycles. The number of anilines is 2. The van der Waals surface area contributed by atoms with Crippen molar-refractivity contribution >= 4 is 52.2 Å². The minimum atomic E-state index is -3.95. The van der Waals surface area contributed by atoms with E-state index in [0.29, 0.717) is 31.7 Å². The van der Waals surface area contributed by atoms with E-state index in [1.165, 1.54) is 6.07 Å². The Morgan fingerprint density at radius 1 is 1.05 bits per heavy atom. The molecule has 0 spiro atoms. The Balaban J connectivity index is 0.00000190. The molecule has 2 aromatic rings. The lowest BCUT2D eigenvalue weighted by Gasteiger charge is -2.37. The molecule has 3 aliphatic rings. The number of urea groups is 1. The summed E-state index contributed by atoms with van der Waals surface area (Å²) < 4.78 is 33.0. The molecule has 0 aliphatic carbocycles. The van der Waals surface area contributed by atoms with Crippen molar-refractivity contribution in [1.82, 2.24) is 9.21 Å². The first-order valence-electron chi connectivity index (χ1n) is 11.9. The van der Waals surface area contributed by atoms with Gasteiger partial charge in [-0.15, -0.1) is 24.8 Å². The number of rotatable bonds is 6. The number of carbonyl (C=O) groups is 1. The standard InChI is InChI=1S/C24H30N4O6S.2ClH/c1-32-21-8-3-2-7-20(21)27-13-11-26(12-14-27)9-5-10-28-24(29)25-19-17-22-18(6-4-15-33-34-22)16-23(19)35(28,30)31;;/h2-3,7-8,16-17H,4-6,9-15H2,1H3,(H,25,29);2*1H. The maximum atomic E-state index is 13.3. The normalized spacial score (nSPS) is 18.7. The molecule has 0 radical (unpaired) electrons. The minimum absolute atomic E-state index is 0. The van der Waals surface area contributed by atoms with Crippen LogP contribution in [0.4, 0.5) is 16.2 Å². The van der Waals surface area contributed by atoms with Crippen molar-refractivity contribution in [3.05, 3.63) is 42.0 Å². The number of ether oxygens (including phenoxy) is 1. The monoisotopic (exact) mass is 574 g/mol. The Bertz CT molecular complexity index is 1210. The molecule has 3 heterocycles. The highest BCUT2D eigenvalue weighted by Gasteiger charge is 2.37. The summed E-state index contributed by atoms with van der Waals surface area (Å²) in [7, 11) is -2.27. The summed E-state index contributed by atoms with van der Waals surface area (Å²) in [5.41, 5.74) is 2.07. The zero-order valence-corrected chi connectivity index (χ0v) is 23.0. The van der Waals surface area contributed by atoms with Crippen molar-refractivity contribution in [2.45, 2.75) is 24.2 Å². The second kappa shape index (κ2) is 12.4. The van der Waals surface area contributed by atoms with E-state index in [-0.39, 0.29) is 41.9 Å². The predicted octanol–water partition coefficient (Wildman–Crippen LogP) is 3.54. The van der Waals surface area contributed by atoms with Crippen LogP contribution in [0.1, 0.15) is 18.4 Å². The highest BCUT2D eigenvalue weighted by atomic mass is 35.5. The molecule has 0 saturated carbocycles. The number of fused-ring (bicyclic) bond motifs is 2. The van der Waals surface area contributed by atoms with Gasteiger partial charge in [0.15, 0.2) is 5.75 Å². The number of hydrogen-bond acceptors (Lipinski definition) is 8. The fraction of sp³-hybridized carbons (Fsp3) is 0.458. The van der Waals surface area contributed by atoms with Gasteiger partial charge >= 0.3 is 6.03 Å². The molecule has 13 heteroatoms. The van der Waals surface area contributed by atoms with Gasteiger partial charge in [0.25, 0.3) is 10.0 Å². The summed E-state index contributed by atoms with van der Waals surface area (Å²) in [5, 5.41) is 2.70. The lowest BCUT2D eigenvalue weighted by Crippen LogP contribution is -2.48. The van der Waals surface area contributed by atoms with Crippen LogP contribution in [-0.2, 0) is 21.3 Å². The van der Waals surface area contributed by atoms with Crippen LogP contribution in [0.5, 0.6) is 11.5 Å². The first-order valence-corrected chi connectivity index (χ1v) is 13.3. The number of nitrogens with one attached hydrogen (secondary N) is 1. The average Bonchev–Trinajstić information content (AvgIpc) is 3.10. The predicted molar refractivity (Wildman–Crippen MR) is 145 cm³/mol. The zero-order chi connectivity index (χ0) is 24.4. The van der Waals surface area contributed by atoms with Crippen LogP contribution in [0.2, 0.25) is 0 Å². The van der Waals surface area contributed by atoms with E-state index in [9.17, 15) is 13.2 Å². The van der Waals surface area contributed by atoms with E-state index in [2.05, 4.69) is 21.2 Å². The number of amides is 2. The summed E-state index contributed by atoms with van der Waals surface area (Å²) in [6.07, 6.45) is 1.93. The molecule has 10 nitrogen and oxygen atoms in total. The van der Waals surface area contributed by atoms with Gasteiger partial charge in [-0.3, -0.25) is 4.90 Å². The largest absolute Gasteiger partial charge is 0.495 e. The third-order valence-corrected chi connectivity index (χ3v) is 8.48. The summed E-state index contributed by atoms with van der Waals surface area (Å²) in [4.78, 5) is 27.7. The minimum Gasteiger partial charge on any atom is -0.495 e. The van der Waals surface area contributed by atoms with Crippen LogP contribution in [-0.4, -0.2) is 76.6 Å². The molecule has 5 rings (SSSR count). The third-order valence-electron chi connectivity index (χ3n) is 6.66. The highest BCUT2D eigenvalue weighted by Crippen LogP contribution is 2.37. The Morgan fingerprint density at radius 2 is 1.81 bits per heavy atom. The summed E-state index contributed by atoms with van der Waals surface area (Å²) in [6, 6.07) is 10.5. The van der Waals surface area contributed by atoms with Crippen molar-refractivity contribution in [2.24, 2.45) is 0 Å². The Hall–Kier alpha value is -2.44. The Kier molecular flexibility index (Phi) is 9.76. The zero-order valence-electron chi connectivity index (χ0n) is 20.6. The maximum absolute atomic E-state index is 13.3. The third kappa shape index (κ3) is 6.01. The van der Waals surface area contributed by atoms with Gasteiger partial charge in [0.1, 0.15) is 10.6 Å². The lowest BCUT2D eigenvalue weighted by atomic mass is 10.1. The molecule has 2 amide bonds. The van der Waals surface area contributed by atoms with Gasteiger partial charge in [-0.25, -0.2) is 17.5 Å². The van der Waals surface area contributed by atoms with Crippen LogP contribution < -0.4 is 19.8 Å². The molecule has 0 atom stereocenters. The number of nitrogens with zero attached hydrogens (tertiary/aromatic N) is 3. The van der Waals surface area contributed by atoms with Crippen molar-refractivity contribution < 1.29 is 27.7 Å². The van der Waals surface area contributed by atoms with Crippen LogP contribution >= 0.6 is 24.8 Å². The van der Waals surface area contributed by atoms with E-state index < -0.39 is 16.1 Å². The number of sulfonamides is 1. The summed E-state index contributed by atoms with van der Waals surface area (Å²) in [6.45, 7) is 4.68. The molecule has 2 aromatic carbocycles. The maximum Gasteiger partial charge on any atom is 0.335 e. The van der Waals surface area contributed by atoms with Crippen molar-refractivity contribution in [3.8, 4) is 11.5 Å². The molecule has 0 bridgehead atoms. The van der Waals surface area contributed by atoms with Gasteiger partial charge in [-0.2, -0.15) is 4.89 Å². The first kappa shape index (κ1) is 29.1. The van der Waals surface area contributed by atoms with E-state index in [0.717, 1.165) is 53.9 Å². The first-order chi connectivity index (χ1) is 17.0. The second-order valence-corrected chi connectivity index (χ2v) is 10.7. The number of benzene rings is 2. The van der Waals surface area contributed by atoms with E-state index in [4.69, 9.17) is 14.5 Å².